The molecular formula is C21H24N2O2S2. The van der Waals surface area contributed by atoms with Crippen LogP contribution in [0.1, 0.15) is 22.3 Å². The Kier molecular flexibility index (Phi) is 4.80. The molecule has 6 heteroatoms. The van der Waals surface area contributed by atoms with E-state index < -0.39 is 9.84 Å². The number of nitrogens with zero attached hydrogens (tertiary/aromatic N) is 2. The van der Waals surface area contributed by atoms with Crippen LogP contribution in [-0.4, -0.2) is 37.2 Å². The van der Waals surface area contributed by atoms with E-state index in [1.54, 1.807) is 11.8 Å². The van der Waals surface area contributed by atoms with Crippen LogP contribution in [0.2, 0.25) is 0 Å². The Morgan fingerprint density at radius 3 is 2.44 bits per heavy atom. The second kappa shape index (κ2) is 6.99. The maximum Gasteiger partial charge on any atom is 0.164 e. The highest BCUT2D eigenvalue weighted by atomic mass is 32.2. The lowest BCUT2D eigenvalue weighted by molar-refractivity contribution is 0.601. The molecule has 1 fully saturated rings. The standard InChI is InChI=1S/C21H24N2O2S2/c1-14-4-7-17(8-5-14)11-26-21-22-18-12-27(24,25)13-20(18)23(21)19-9-6-15(2)10-16(19)3/h4-10,18,20H,11-13H2,1-3H3. The monoisotopic (exact) mass is 400 g/mol. The van der Waals surface area contributed by atoms with Gasteiger partial charge in [-0.25, -0.2) is 8.42 Å². The van der Waals surface area contributed by atoms with Crippen molar-refractivity contribution in [3.63, 3.8) is 0 Å². The fraction of sp³-hybridized carbons (Fsp3) is 0.381. The predicted molar refractivity (Wildman–Crippen MR) is 115 cm³/mol. The molecule has 0 aromatic heterocycles. The van der Waals surface area contributed by atoms with Crippen LogP contribution in [-0.2, 0) is 15.6 Å². The smallest absolute Gasteiger partial charge is 0.164 e. The average molecular weight is 401 g/mol. The summed E-state index contributed by atoms with van der Waals surface area (Å²) in [5, 5.41) is 0.937. The van der Waals surface area contributed by atoms with Crippen molar-refractivity contribution in [1.29, 1.82) is 0 Å². The lowest BCUT2D eigenvalue weighted by atomic mass is 10.1. The van der Waals surface area contributed by atoms with Gasteiger partial charge in [0.2, 0.25) is 0 Å². The van der Waals surface area contributed by atoms with Gasteiger partial charge in [-0.15, -0.1) is 0 Å². The molecule has 27 heavy (non-hydrogen) atoms. The highest BCUT2D eigenvalue weighted by Crippen LogP contribution is 2.37. The van der Waals surface area contributed by atoms with E-state index in [0.717, 1.165) is 22.2 Å². The van der Waals surface area contributed by atoms with Crippen LogP contribution >= 0.6 is 11.8 Å². The number of benzene rings is 2. The van der Waals surface area contributed by atoms with Crippen LogP contribution in [0.15, 0.2) is 47.5 Å². The highest BCUT2D eigenvalue weighted by Gasteiger charge is 2.47. The third kappa shape index (κ3) is 3.78. The van der Waals surface area contributed by atoms with E-state index in [-0.39, 0.29) is 23.6 Å². The van der Waals surface area contributed by atoms with Gasteiger partial charge in [-0.3, -0.25) is 4.99 Å². The van der Waals surface area contributed by atoms with E-state index >= 15 is 0 Å². The minimum absolute atomic E-state index is 0.0862. The van der Waals surface area contributed by atoms with Crippen LogP contribution in [0.3, 0.4) is 0 Å². The average Bonchev–Trinajstić information content (AvgIpc) is 3.06. The molecule has 2 aromatic rings. The Morgan fingerprint density at radius 1 is 1.04 bits per heavy atom. The predicted octanol–water partition coefficient (Wildman–Crippen LogP) is 3.89. The van der Waals surface area contributed by atoms with Crippen molar-refractivity contribution in [3.8, 4) is 0 Å². The topological polar surface area (TPSA) is 49.7 Å². The Bertz CT molecular complexity index is 997. The molecule has 0 amide bonds. The SMILES string of the molecule is Cc1ccc(CSC2=NC3CS(=O)(=O)CC3N2c2ccc(C)cc2C)cc1. The number of hydrogen-bond acceptors (Lipinski definition) is 5. The summed E-state index contributed by atoms with van der Waals surface area (Å²) in [5.41, 5.74) is 5.93. The Balaban J connectivity index is 1.64. The normalized spacial score (nSPS) is 23.4. The lowest BCUT2D eigenvalue weighted by Gasteiger charge is -2.28. The molecule has 2 aromatic carbocycles. The van der Waals surface area contributed by atoms with Gasteiger partial charge < -0.3 is 4.90 Å². The number of sulfone groups is 1. The van der Waals surface area contributed by atoms with Crippen molar-refractivity contribution in [3.05, 3.63) is 64.7 Å². The van der Waals surface area contributed by atoms with Gasteiger partial charge in [0, 0.05) is 11.4 Å². The molecule has 4 nitrogen and oxygen atoms in total. The van der Waals surface area contributed by atoms with Crippen molar-refractivity contribution in [2.75, 3.05) is 16.4 Å². The molecule has 2 unspecified atom stereocenters. The van der Waals surface area contributed by atoms with Gasteiger partial charge in [-0.1, -0.05) is 59.3 Å². The second-order valence-corrected chi connectivity index (χ2v) is 10.7. The van der Waals surface area contributed by atoms with E-state index in [0.29, 0.717) is 0 Å². The largest absolute Gasteiger partial charge is 0.315 e. The number of aliphatic imine (C=N–C) groups is 1. The van der Waals surface area contributed by atoms with E-state index in [4.69, 9.17) is 4.99 Å². The van der Waals surface area contributed by atoms with Crippen molar-refractivity contribution >= 4 is 32.5 Å². The first kappa shape index (κ1) is 18.6. The first-order chi connectivity index (χ1) is 12.8. The van der Waals surface area contributed by atoms with Gasteiger partial charge >= 0.3 is 0 Å². The van der Waals surface area contributed by atoms with Crippen LogP contribution < -0.4 is 4.90 Å². The van der Waals surface area contributed by atoms with Crippen molar-refractivity contribution in [2.45, 2.75) is 38.6 Å². The van der Waals surface area contributed by atoms with Gasteiger partial charge in [0.25, 0.3) is 0 Å². The molecule has 2 atom stereocenters. The molecule has 2 aliphatic heterocycles. The summed E-state index contributed by atoms with van der Waals surface area (Å²) in [7, 11) is -3.02. The highest BCUT2D eigenvalue weighted by molar-refractivity contribution is 8.13. The summed E-state index contributed by atoms with van der Waals surface area (Å²) >= 11 is 1.70. The van der Waals surface area contributed by atoms with Gasteiger partial charge in [0.1, 0.15) is 0 Å². The number of fused-ring (bicyclic) bond motifs is 1. The van der Waals surface area contributed by atoms with Crippen LogP contribution in [0.5, 0.6) is 0 Å². The summed E-state index contributed by atoms with van der Waals surface area (Å²) in [6, 6.07) is 14.6. The molecule has 1 saturated heterocycles. The molecule has 142 valence electrons. The fourth-order valence-corrected chi connectivity index (χ4v) is 6.74. The number of amidine groups is 1. The number of hydrogen-bond donors (Lipinski definition) is 0. The van der Waals surface area contributed by atoms with E-state index in [1.165, 1.54) is 16.7 Å². The molecule has 0 bridgehead atoms. The molecular weight excluding hydrogens is 376 g/mol. The van der Waals surface area contributed by atoms with Gasteiger partial charge in [-0.05, 0) is 38.0 Å². The second-order valence-electron chi connectivity index (χ2n) is 7.56. The molecule has 0 spiro atoms. The summed E-state index contributed by atoms with van der Waals surface area (Å²) in [5.74, 6) is 1.17. The maximum atomic E-state index is 12.2. The number of aryl methyl sites for hydroxylation is 3. The maximum absolute atomic E-state index is 12.2. The molecule has 0 saturated carbocycles. The first-order valence-corrected chi connectivity index (χ1v) is 12.0. The Labute approximate surface area is 165 Å². The summed E-state index contributed by atoms with van der Waals surface area (Å²) in [6.07, 6.45) is 0. The van der Waals surface area contributed by atoms with E-state index in [9.17, 15) is 8.42 Å². The molecule has 4 rings (SSSR count). The van der Waals surface area contributed by atoms with Gasteiger partial charge in [0.15, 0.2) is 15.0 Å². The molecule has 0 radical (unpaired) electrons. The quantitative estimate of drug-likeness (QED) is 0.784. The zero-order valence-electron chi connectivity index (χ0n) is 15.8. The third-order valence-electron chi connectivity index (χ3n) is 5.21. The third-order valence-corrected chi connectivity index (χ3v) is 7.94. The minimum Gasteiger partial charge on any atom is -0.315 e. The zero-order chi connectivity index (χ0) is 19.2. The van der Waals surface area contributed by atoms with Crippen LogP contribution in [0, 0.1) is 20.8 Å². The van der Waals surface area contributed by atoms with Crippen LogP contribution in [0.25, 0.3) is 0 Å². The van der Waals surface area contributed by atoms with Crippen LogP contribution in [0.4, 0.5) is 5.69 Å². The molecule has 2 aliphatic rings. The summed E-state index contributed by atoms with van der Waals surface area (Å²) < 4.78 is 24.4. The van der Waals surface area contributed by atoms with E-state index in [2.05, 4.69) is 68.1 Å². The van der Waals surface area contributed by atoms with Crippen molar-refractivity contribution in [2.24, 2.45) is 4.99 Å². The Morgan fingerprint density at radius 2 is 1.74 bits per heavy atom. The number of anilines is 1. The van der Waals surface area contributed by atoms with Gasteiger partial charge in [-0.2, -0.15) is 0 Å². The Hall–Kier alpha value is -1.79. The first-order valence-electron chi connectivity index (χ1n) is 9.15. The fourth-order valence-electron chi connectivity index (χ4n) is 3.82. The van der Waals surface area contributed by atoms with Crippen molar-refractivity contribution < 1.29 is 8.42 Å². The van der Waals surface area contributed by atoms with E-state index in [1.807, 2.05) is 0 Å². The molecule has 0 aliphatic carbocycles. The minimum atomic E-state index is -3.02. The number of rotatable bonds is 3. The molecule has 0 N–H and O–H groups in total. The summed E-state index contributed by atoms with van der Waals surface area (Å²) in [4.78, 5) is 7.00. The van der Waals surface area contributed by atoms with Crippen molar-refractivity contribution in [1.82, 2.24) is 0 Å². The lowest BCUT2D eigenvalue weighted by Crippen LogP contribution is -2.39. The number of thioether (sulfide) groups is 1. The van der Waals surface area contributed by atoms with Gasteiger partial charge in [0.05, 0.1) is 23.6 Å². The zero-order valence-corrected chi connectivity index (χ0v) is 17.5. The summed E-state index contributed by atoms with van der Waals surface area (Å²) in [6.45, 7) is 6.24. The molecule has 2 heterocycles.